The summed E-state index contributed by atoms with van der Waals surface area (Å²) in [6.45, 7) is 4.43. The average molecular weight is 301 g/mol. The third-order valence-electron chi connectivity index (χ3n) is 3.20. The molecular weight excluding hydrogens is 278 g/mol. The molecule has 0 unspecified atom stereocenters. The number of hydrogen-bond donors (Lipinski definition) is 4. The molecule has 1 aliphatic heterocycles. The van der Waals surface area contributed by atoms with Gasteiger partial charge in [-0.1, -0.05) is 0 Å². The second-order valence-electron chi connectivity index (χ2n) is 5.35. The highest BCUT2D eigenvalue weighted by molar-refractivity contribution is 5.86. The Hall–Kier alpha value is -1.83. The van der Waals surface area contributed by atoms with Crippen LogP contribution in [-0.4, -0.2) is 54.4 Å². The van der Waals surface area contributed by atoms with Crippen LogP contribution in [0.25, 0.3) is 0 Å². The molecule has 0 saturated carbocycles. The van der Waals surface area contributed by atoms with E-state index in [1.165, 1.54) is 0 Å². The predicted molar refractivity (Wildman–Crippen MR) is 74.8 cm³/mol. The minimum atomic E-state index is -1.29. The monoisotopic (exact) mass is 301 g/mol. The van der Waals surface area contributed by atoms with E-state index < -0.39 is 17.5 Å². The molecule has 0 spiro atoms. The molecule has 0 radical (unpaired) electrons. The second kappa shape index (κ2) is 7.82. The summed E-state index contributed by atoms with van der Waals surface area (Å²) in [5.74, 6) is -1.23. The highest BCUT2D eigenvalue weighted by Crippen LogP contribution is 2.20. The van der Waals surface area contributed by atoms with Crippen molar-refractivity contribution in [2.45, 2.75) is 44.7 Å². The lowest BCUT2D eigenvalue weighted by molar-refractivity contribution is -0.148. The molecule has 21 heavy (non-hydrogen) atoms. The lowest BCUT2D eigenvalue weighted by atomic mass is 9.90. The summed E-state index contributed by atoms with van der Waals surface area (Å²) in [5, 5.41) is 17.0. The summed E-state index contributed by atoms with van der Waals surface area (Å²) in [6, 6.07) is -0.541. The Balaban J connectivity index is 2.38. The molecule has 1 heterocycles. The van der Waals surface area contributed by atoms with Crippen LogP contribution in [0.5, 0.6) is 0 Å². The van der Waals surface area contributed by atoms with Gasteiger partial charge in [-0.3, -0.25) is 4.79 Å². The van der Waals surface area contributed by atoms with Gasteiger partial charge >= 0.3 is 12.0 Å². The smallest absolute Gasteiger partial charge is 0.329 e. The first-order valence-corrected chi connectivity index (χ1v) is 7.02. The Bertz CT molecular complexity index is 391. The van der Waals surface area contributed by atoms with Crippen LogP contribution < -0.4 is 16.0 Å². The number of urea groups is 1. The molecule has 1 fully saturated rings. The zero-order valence-electron chi connectivity index (χ0n) is 12.4. The van der Waals surface area contributed by atoms with Crippen molar-refractivity contribution in [2.24, 2.45) is 0 Å². The molecule has 1 rings (SSSR count). The maximum Gasteiger partial charge on any atom is 0.329 e. The number of carbonyl (C=O) groups is 3. The van der Waals surface area contributed by atoms with Gasteiger partial charge in [-0.2, -0.15) is 0 Å². The molecule has 0 aromatic heterocycles. The standard InChI is InChI=1S/C13H23N3O5/c1-9(2)15-10(17)3-6-14-12(20)16-13(11(18)19)4-7-21-8-5-13/h9H,3-8H2,1-2H3,(H,15,17)(H,18,19)(H2,14,16,20). The maximum absolute atomic E-state index is 11.8. The van der Waals surface area contributed by atoms with E-state index in [1.807, 2.05) is 13.8 Å². The first-order chi connectivity index (χ1) is 9.85. The fraction of sp³-hybridized carbons (Fsp3) is 0.769. The Labute approximate surface area is 123 Å². The second-order valence-corrected chi connectivity index (χ2v) is 5.35. The highest BCUT2D eigenvalue weighted by Gasteiger charge is 2.41. The molecule has 120 valence electrons. The maximum atomic E-state index is 11.8. The largest absolute Gasteiger partial charge is 0.480 e. The molecular formula is C13H23N3O5. The fourth-order valence-electron chi connectivity index (χ4n) is 2.06. The van der Waals surface area contributed by atoms with Gasteiger partial charge in [0, 0.05) is 45.1 Å². The Morgan fingerprint density at radius 2 is 1.86 bits per heavy atom. The molecule has 1 saturated heterocycles. The Morgan fingerprint density at radius 3 is 2.38 bits per heavy atom. The van der Waals surface area contributed by atoms with E-state index in [-0.39, 0.29) is 37.8 Å². The summed E-state index contributed by atoms with van der Waals surface area (Å²) < 4.78 is 5.12. The van der Waals surface area contributed by atoms with Crippen molar-refractivity contribution >= 4 is 17.9 Å². The van der Waals surface area contributed by atoms with Gasteiger partial charge in [0.1, 0.15) is 5.54 Å². The number of nitrogens with one attached hydrogen (secondary N) is 3. The summed E-state index contributed by atoms with van der Waals surface area (Å²) >= 11 is 0. The molecule has 4 N–H and O–H groups in total. The number of hydrogen-bond acceptors (Lipinski definition) is 4. The number of carbonyl (C=O) groups excluding carboxylic acids is 2. The predicted octanol–water partition coefficient (Wildman–Crippen LogP) is -0.166. The Kier molecular flexibility index (Phi) is 6.41. The lowest BCUT2D eigenvalue weighted by Crippen LogP contribution is -2.59. The number of ether oxygens (including phenoxy) is 1. The molecule has 1 aliphatic rings. The quantitative estimate of drug-likeness (QED) is 0.543. The van der Waals surface area contributed by atoms with Crippen LogP contribution in [0.2, 0.25) is 0 Å². The minimum Gasteiger partial charge on any atom is -0.480 e. The molecule has 0 atom stereocenters. The van der Waals surface area contributed by atoms with Gasteiger partial charge in [-0.05, 0) is 13.8 Å². The van der Waals surface area contributed by atoms with Crippen molar-refractivity contribution in [1.82, 2.24) is 16.0 Å². The van der Waals surface area contributed by atoms with Crippen molar-refractivity contribution in [1.29, 1.82) is 0 Å². The van der Waals surface area contributed by atoms with Crippen LogP contribution in [0.3, 0.4) is 0 Å². The van der Waals surface area contributed by atoms with Crippen molar-refractivity contribution in [3.63, 3.8) is 0 Å². The number of amides is 3. The van der Waals surface area contributed by atoms with E-state index in [9.17, 15) is 19.5 Å². The van der Waals surface area contributed by atoms with Crippen LogP contribution in [0.4, 0.5) is 4.79 Å². The molecule has 0 aliphatic carbocycles. The van der Waals surface area contributed by atoms with Gasteiger partial charge in [-0.15, -0.1) is 0 Å². The number of aliphatic carboxylic acids is 1. The van der Waals surface area contributed by atoms with Gasteiger partial charge < -0.3 is 25.8 Å². The minimum absolute atomic E-state index is 0.0452. The zero-order chi connectivity index (χ0) is 15.9. The van der Waals surface area contributed by atoms with E-state index in [2.05, 4.69) is 16.0 Å². The third-order valence-corrected chi connectivity index (χ3v) is 3.20. The number of carboxylic acids is 1. The van der Waals surface area contributed by atoms with E-state index in [1.54, 1.807) is 0 Å². The van der Waals surface area contributed by atoms with Gasteiger partial charge in [0.05, 0.1) is 0 Å². The van der Waals surface area contributed by atoms with Gasteiger partial charge in [0.15, 0.2) is 0 Å². The van der Waals surface area contributed by atoms with Crippen molar-refractivity contribution in [2.75, 3.05) is 19.8 Å². The summed E-state index contributed by atoms with van der Waals surface area (Å²) in [5.41, 5.74) is -1.29. The van der Waals surface area contributed by atoms with E-state index >= 15 is 0 Å². The summed E-state index contributed by atoms with van der Waals surface area (Å²) in [6.07, 6.45) is 0.599. The van der Waals surface area contributed by atoms with Crippen molar-refractivity contribution in [3.8, 4) is 0 Å². The summed E-state index contributed by atoms with van der Waals surface area (Å²) in [7, 11) is 0. The summed E-state index contributed by atoms with van der Waals surface area (Å²) in [4.78, 5) is 34.5. The molecule has 0 aromatic rings. The van der Waals surface area contributed by atoms with E-state index in [0.29, 0.717) is 13.2 Å². The van der Waals surface area contributed by atoms with Crippen LogP contribution in [0.15, 0.2) is 0 Å². The molecule has 8 nitrogen and oxygen atoms in total. The van der Waals surface area contributed by atoms with Crippen LogP contribution in [0.1, 0.15) is 33.1 Å². The van der Waals surface area contributed by atoms with Crippen molar-refractivity contribution < 1.29 is 24.2 Å². The fourth-order valence-corrected chi connectivity index (χ4v) is 2.06. The lowest BCUT2D eigenvalue weighted by Gasteiger charge is -2.33. The van der Waals surface area contributed by atoms with Crippen LogP contribution in [-0.2, 0) is 14.3 Å². The topological polar surface area (TPSA) is 117 Å². The molecule has 3 amide bonds. The molecule has 8 heteroatoms. The average Bonchev–Trinajstić information content (AvgIpc) is 2.38. The van der Waals surface area contributed by atoms with Crippen LogP contribution in [0, 0.1) is 0 Å². The van der Waals surface area contributed by atoms with E-state index in [0.717, 1.165) is 0 Å². The Morgan fingerprint density at radius 1 is 1.24 bits per heavy atom. The van der Waals surface area contributed by atoms with Gasteiger partial charge in [0.2, 0.25) is 5.91 Å². The normalized spacial score (nSPS) is 17.1. The SMILES string of the molecule is CC(C)NC(=O)CCNC(=O)NC1(C(=O)O)CCOCC1. The zero-order valence-corrected chi connectivity index (χ0v) is 12.4. The molecule has 0 aromatic carbocycles. The van der Waals surface area contributed by atoms with E-state index in [4.69, 9.17) is 4.74 Å². The van der Waals surface area contributed by atoms with Gasteiger partial charge in [0.25, 0.3) is 0 Å². The highest BCUT2D eigenvalue weighted by atomic mass is 16.5. The number of carboxylic acid groups (broad SMARTS) is 1. The van der Waals surface area contributed by atoms with Crippen LogP contribution >= 0.6 is 0 Å². The van der Waals surface area contributed by atoms with Gasteiger partial charge in [-0.25, -0.2) is 9.59 Å². The number of rotatable bonds is 6. The third kappa shape index (κ3) is 5.58. The molecule has 0 bridgehead atoms. The van der Waals surface area contributed by atoms with Crippen molar-refractivity contribution in [3.05, 3.63) is 0 Å². The first kappa shape index (κ1) is 17.2. The first-order valence-electron chi connectivity index (χ1n) is 7.02.